The molecule has 0 N–H and O–H groups in total. The first kappa shape index (κ1) is 10.8. The van der Waals surface area contributed by atoms with Crippen molar-refractivity contribution in [1.29, 1.82) is 0 Å². The molecule has 0 saturated carbocycles. The van der Waals surface area contributed by atoms with E-state index in [-0.39, 0.29) is 0 Å². The highest BCUT2D eigenvalue weighted by Crippen LogP contribution is 2.21. The van der Waals surface area contributed by atoms with E-state index < -0.39 is 0 Å². The highest BCUT2D eigenvalue weighted by atomic mass is 16.5. The van der Waals surface area contributed by atoms with Gasteiger partial charge in [-0.2, -0.15) is 0 Å². The fraction of sp³-hybridized carbons (Fsp3) is 0.467. The molecule has 0 radical (unpaired) electrons. The zero-order chi connectivity index (χ0) is 11.7. The van der Waals surface area contributed by atoms with Crippen LogP contribution in [0.4, 0.5) is 0 Å². The minimum absolute atomic E-state index is 0.435. The zero-order valence-corrected chi connectivity index (χ0v) is 10.4. The molecular weight excluding hydrogens is 210 g/mol. The first-order valence-corrected chi connectivity index (χ1v) is 6.48. The van der Waals surface area contributed by atoms with Gasteiger partial charge in [-0.3, -0.25) is 0 Å². The van der Waals surface area contributed by atoms with Crippen molar-refractivity contribution >= 4 is 10.9 Å². The van der Waals surface area contributed by atoms with Gasteiger partial charge in [0.15, 0.2) is 0 Å². The number of aromatic nitrogens is 1. The molecule has 2 heteroatoms. The number of aryl methyl sites for hydroxylation is 1. The van der Waals surface area contributed by atoms with E-state index in [1.807, 2.05) is 0 Å². The van der Waals surface area contributed by atoms with Crippen LogP contribution in [-0.2, 0) is 18.2 Å². The van der Waals surface area contributed by atoms with Crippen LogP contribution in [0.25, 0.3) is 10.9 Å². The molecule has 0 spiro atoms. The van der Waals surface area contributed by atoms with Crippen LogP contribution in [0.5, 0.6) is 0 Å². The Morgan fingerprint density at radius 2 is 2.24 bits per heavy atom. The van der Waals surface area contributed by atoms with Crippen LogP contribution < -0.4 is 0 Å². The molecule has 0 bridgehead atoms. The lowest BCUT2D eigenvalue weighted by Crippen LogP contribution is -2.21. The third-order valence-corrected chi connectivity index (χ3v) is 3.69. The molecule has 1 saturated heterocycles. The van der Waals surface area contributed by atoms with Gasteiger partial charge in [0.1, 0.15) is 0 Å². The van der Waals surface area contributed by atoms with Gasteiger partial charge >= 0.3 is 0 Å². The lowest BCUT2D eigenvalue weighted by atomic mass is 10.0. The molecule has 1 fully saturated rings. The van der Waals surface area contributed by atoms with Crippen molar-refractivity contribution < 1.29 is 4.74 Å². The molecule has 3 rings (SSSR count). The van der Waals surface area contributed by atoms with Crippen molar-refractivity contribution in [3.8, 4) is 0 Å². The van der Waals surface area contributed by atoms with Crippen molar-refractivity contribution in [3.63, 3.8) is 0 Å². The van der Waals surface area contributed by atoms with Crippen molar-refractivity contribution in [2.75, 3.05) is 6.61 Å². The van der Waals surface area contributed by atoms with Crippen LogP contribution in [0, 0.1) is 0 Å². The van der Waals surface area contributed by atoms with Crippen LogP contribution in [0.15, 0.2) is 30.5 Å². The highest BCUT2D eigenvalue weighted by Gasteiger charge is 2.14. The molecule has 1 aromatic carbocycles. The fourth-order valence-electron chi connectivity index (χ4n) is 2.69. The normalized spacial score (nSPS) is 20.9. The first-order chi connectivity index (χ1) is 8.33. The first-order valence-electron chi connectivity index (χ1n) is 6.48. The topological polar surface area (TPSA) is 14.2 Å². The Bertz CT molecular complexity index is 509. The monoisotopic (exact) mass is 229 g/mol. The molecule has 90 valence electrons. The van der Waals surface area contributed by atoms with Crippen LogP contribution >= 0.6 is 0 Å². The summed E-state index contributed by atoms with van der Waals surface area (Å²) >= 11 is 0. The predicted molar refractivity (Wildman–Crippen MR) is 70.2 cm³/mol. The van der Waals surface area contributed by atoms with Crippen LogP contribution in [0.3, 0.4) is 0 Å². The Kier molecular flexibility index (Phi) is 2.89. The summed E-state index contributed by atoms with van der Waals surface area (Å²) in [6, 6.07) is 8.93. The van der Waals surface area contributed by atoms with Crippen molar-refractivity contribution in [3.05, 3.63) is 36.0 Å². The molecule has 0 unspecified atom stereocenters. The largest absolute Gasteiger partial charge is 0.378 e. The molecule has 1 aliphatic rings. The second kappa shape index (κ2) is 4.53. The van der Waals surface area contributed by atoms with E-state index in [0.717, 1.165) is 13.0 Å². The molecule has 0 aliphatic carbocycles. The summed E-state index contributed by atoms with van der Waals surface area (Å²) in [5, 5.41) is 1.33. The SMILES string of the molecule is Cn1ccc2cc(C[C@@H]3CCCCO3)ccc21. The Balaban J connectivity index is 1.80. The third kappa shape index (κ3) is 2.22. The molecule has 0 amide bonds. The molecule has 2 aromatic rings. The van der Waals surface area contributed by atoms with Gasteiger partial charge in [-0.05, 0) is 54.8 Å². The number of rotatable bonds is 2. The van der Waals surface area contributed by atoms with Gasteiger partial charge in [-0.15, -0.1) is 0 Å². The second-order valence-corrected chi connectivity index (χ2v) is 5.01. The Morgan fingerprint density at radius 3 is 3.06 bits per heavy atom. The molecule has 1 aliphatic heterocycles. The number of hydrogen-bond acceptors (Lipinski definition) is 1. The summed E-state index contributed by atoms with van der Waals surface area (Å²) in [7, 11) is 2.09. The summed E-state index contributed by atoms with van der Waals surface area (Å²) < 4.78 is 7.96. The summed E-state index contributed by atoms with van der Waals surface area (Å²) in [5.74, 6) is 0. The quantitative estimate of drug-likeness (QED) is 0.770. The van der Waals surface area contributed by atoms with Gasteiger partial charge < -0.3 is 9.30 Å². The average molecular weight is 229 g/mol. The molecule has 2 nitrogen and oxygen atoms in total. The number of hydrogen-bond donors (Lipinski definition) is 0. The highest BCUT2D eigenvalue weighted by molar-refractivity contribution is 5.80. The van der Waals surface area contributed by atoms with Crippen molar-refractivity contribution in [2.24, 2.45) is 7.05 Å². The molecular formula is C15H19NO. The van der Waals surface area contributed by atoms with E-state index in [1.165, 1.54) is 35.7 Å². The number of benzene rings is 1. The van der Waals surface area contributed by atoms with Crippen LogP contribution in [0.2, 0.25) is 0 Å². The van der Waals surface area contributed by atoms with Crippen LogP contribution in [-0.4, -0.2) is 17.3 Å². The van der Waals surface area contributed by atoms with E-state index in [1.54, 1.807) is 0 Å². The smallest absolute Gasteiger partial charge is 0.0615 e. The van der Waals surface area contributed by atoms with E-state index in [9.17, 15) is 0 Å². The minimum Gasteiger partial charge on any atom is -0.378 e. The Hall–Kier alpha value is -1.28. The van der Waals surface area contributed by atoms with Gasteiger partial charge in [-0.25, -0.2) is 0 Å². The van der Waals surface area contributed by atoms with Crippen LogP contribution in [0.1, 0.15) is 24.8 Å². The zero-order valence-electron chi connectivity index (χ0n) is 10.4. The minimum atomic E-state index is 0.435. The molecule has 1 aromatic heterocycles. The number of ether oxygens (including phenoxy) is 1. The maximum atomic E-state index is 5.79. The standard InChI is InChI=1S/C15H19NO/c1-16-8-7-13-10-12(5-6-15(13)16)11-14-4-2-3-9-17-14/h5-8,10,14H,2-4,9,11H2,1H3/t14-/m0/s1. The van der Waals surface area contributed by atoms with Gasteiger partial charge in [-0.1, -0.05) is 6.07 Å². The fourth-order valence-corrected chi connectivity index (χ4v) is 2.69. The second-order valence-electron chi connectivity index (χ2n) is 5.01. The maximum absolute atomic E-state index is 5.79. The maximum Gasteiger partial charge on any atom is 0.0615 e. The van der Waals surface area contributed by atoms with Gasteiger partial charge in [0.05, 0.1) is 6.10 Å². The lowest BCUT2D eigenvalue weighted by molar-refractivity contribution is 0.0168. The van der Waals surface area contributed by atoms with E-state index in [0.29, 0.717) is 6.10 Å². The Morgan fingerprint density at radius 1 is 1.29 bits per heavy atom. The summed E-state index contributed by atoms with van der Waals surface area (Å²) in [6.45, 7) is 0.943. The van der Waals surface area contributed by atoms with E-state index in [4.69, 9.17) is 4.74 Å². The van der Waals surface area contributed by atoms with Crippen molar-refractivity contribution in [1.82, 2.24) is 4.57 Å². The number of fused-ring (bicyclic) bond motifs is 1. The molecule has 1 atom stereocenters. The summed E-state index contributed by atoms with van der Waals surface area (Å²) in [6.07, 6.45) is 7.38. The predicted octanol–water partition coefficient (Wildman–Crippen LogP) is 3.29. The summed E-state index contributed by atoms with van der Waals surface area (Å²) in [5.41, 5.74) is 2.70. The Labute approximate surface area is 102 Å². The van der Waals surface area contributed by atoms with Gasteiger partial charge in [0.25, 0.3) is 0 Å². The summed E-state index contributed by atoms with van der Waals surface area (Å²) in [4.78, 5) is 0. The number of nitrogens with zero attached hydrogens (tertiary/aromatic N) is 1. The van der Waals surface area contributed by atoms with Gasteiger partial charge in [0, 0.05) is 25.4 Å². The molecule has 17 heavy (non-hydrogen) atoms. The van der Waals surface area contributed by atoms with Gasteiger partial charge in [0.2, 0.25) is 0 Å². The average Bonchev–Trinajstić information content (AvgIpc) is 2.72. The van der Waals surface area contributed by atoms with Crippen molar-refractivity contribution in [2.45, 2.75) is 31.8 Å². The lowest BCUT2D eigenvalue weighted by Gasteiger charge is -2.22. The third-order valence-electron chi connectivity index (χ3n) is 3.69. The molecule has 2 heterocycles. The van der Waals surface area contributed by atoms with E-state index >= 15 is 0 Å². The van der Waals surface area contributed by atoms with E-state index in [2.05, 4.69) is 42.1 Å².